The van der Waals surface area contributed by atoms with Gasteiger partial charge in [0.25, 0.3) is 0 Å². The number of hydrogen-bond acceptors (Lipinski definition) is 3. The third-order valence-corrected chi connectivity index (χ3v) is 4.04. The summed E-state index contributed by atoms with van der Waals surface area (Å²) < 4.78 is 0. The Morgan fingerprint density at radius 3 is 2.84 bits per heavy atom. The van der Waals surface area contributed by atoms with Crippen molar-refractivity contribution < 1.29 is 0 Å². The van der Waals surface area contributed by atoms with Crippen LogP contribution in [0.3, 0.4) is 0 Å². The zero-order valence-corrected chi connectivity index (χ0v) is 11.9. The molecule has 19 heavy (non-hydrogen) atoms. The number of nitrogens with zero attached hydrogens (tertiary/aromatic N) is 2. The SMILES string of the molecule is CCCCN(c1ncccc1CNC1CC1)C1CC1. The molecule has 0 spiro atoms. The molecule has 1 aromatic rings. The summed E-state index contributed by atoms with van der Waals surface area (Å²) in [4.78, 5) is 7.23. The molecule has 1 aromatic heterocycles. The Balaban J connectivity index is 1.71. The normalized spacial score (nSPS) is 18.6. The number of anilines is 1. The summed E-state index contributed by atoms with van der Waals surface area (Å²) >= 11 is 0. The highest BCUT2D eigenvalue weighted by Gasteiger charge is 2.31. The average molecular weight is 259 g/mol. The van der Waals surface area contributed by atoms with Crippen LogP contribution in [0.1, 0.15) is 51.0 Å². The minimum Gasteiger partial charge on any atom is -0.353 e. The van der Waals surface area contributed by atoms with E-state index in [9.17, 15) is 0 Å². The van der Waals surface area contributed by atoms with Gasteiger partial charge in [-0.05, 0) is 38.2 Å². The molecule has 1 heterocycles. The molecule has 0 aliphatic heterocycles. The van der Waals surface area contributed by atoms with Crippen LogP contribution < -0.4 is 10.2 Å². The molecule has 0 saturated heterocycles. The summed E-state index contributed by atoms with van der Waals surface area (Å²) in [5.41, 5.74) is 1.37. The van der Waals surface area contributed by atoms with Gasteiger partial charge in [-0.3, -0.25) is 0 Å². The maximum Gasteiger partial charge on any atom is 0.133 e. The topological polar surface area (TPSA) is 28.2 Å². The summed E-state index contributed by atoms with van der Waals surface area (Å²) in [6.45, 7) is 4.40. The van der Waals surface area contributed by atoms with Crippen molar-refractivity contribution in [3.05, 3.63) is 23.9 Å². The van der Waals surface area contributed by atoms with E-state index in [1.165, 1.54) is 49.9 Å². The Morgan fingerprint density at radius 2 is 2.16 bits per heavy atom. The molecule has 0 aromatic carbocycles. The van der Waals surface area contributed by atoms with Gasteiger partial charge in [-0.1, -0.05) is 19.4 Å². The first-order valence-corrected chi connectivity index (χ1v) is 7.82. The summed E-state index contributed by atoms with van der Waals surface area (Å²) in [7, 11) is 0. The molecule has 0 amide bonds. The minimum atomic E-state index is 0.751. The zero-order chi connectivity index (χ0) is 13.1. The second-order valence-corrected chi connectivity index (χ2v) is 5.92. The van der Waals surface area contributed by atoms with E-state index in [4.69, 9.17) is 0 Å². The molecule has 3 rings (SSSR count). The lowest BCUT2D eigenvalue weighted by molar-refractivity contribution is 0.667. The third kappa shape index (κ3) is 3.47. The summed E-state index contributed by atoms with van der Waals surface area (Å²) in [5.74, 6) is 1.23. The van der Waals surface area contributed by atoms with Gasteiger partial charge in [0.1, 0.15) is 5.82 Å². The van der Waals surface area contributed by atoms with Crippen LogP contribution in [0.25, 0.3) is 0 Å². The number of aromatic nitrogens is 1. The maximum absolute atomic E-state index is 4.68. The van der Waals surface area contributed by atoms with Gasteiger partial charge in [-0.25, -0.2) is 4.98 Å². The van der Waals surface area contributed by atoms with Crippen LogP contribution in [-0.4, -0.2) is 23.6 Å². The Hall–Kier alpha value is -1.09. The lowest BCUT2D eigenvalue weighted by Gasteiger charge is -2.25. The van der Waals surface area contributed by atoms with Gasteiger partial charge in [0.15, 0.2) is 0 Å². The summed E-state index contributed by atoms with van der Waals surface area (Å²) in [6, 6.07) is 5.82. The largest absolute Gasteiger partial charge is 0.353 e. The van der Waals surface area contributed by atoms with Crippen LogP contribution >= 0.6 is 0 Å². The lowest BCUT2D eigenvalue weighted by Crippen LogP contribution is -2.29. The van der Waals surface area contributed by atoms with Crippen LogP contribution in [0.5, 0.6) is 0 Å². The fourth-order valence-corrected chi connectivity index (χ4v) is 2.54. The second kappa shape index (κ2) is 5.91. The van der Waals surface area contributed by atoms with Gasteiger partial charge < -0.3 is 10.2 Å². The monoisotopic (exact) mass is 259 g/mol. The number of hydrogen-bond donors (Lipinski definition) is 1. The van der Waals surface area contributed by atoms with Crippen molar-refractivity contribution in [1.29, 1.82) is 0 Å². The van der Waals surface area contributed by atoms with E-state index in [-0.39, 0.29) is 0 Å². The average Bonchev–Trinajstić information content (AvgIpc) is 3.30. The van der Waals surface area contributed by atoms with Crippen molar-refractivity contribution in [3.8, 4) is 0 Å². The van der Waals surface area contributed by atoms with Crippen molar-refractivity contribution in [1.82, 2.24) is 10.3 Å². The molecule has 2 aliphatic rings. The van der Waals surface area contributed by atoms with Crippen LogP contribution in [0, 0.1) is 0 Å². The maximum atomic E-state index is 4.68. The standard InChI is InChI=1S/C16H25N3/c1-2-3-11-19(15-8-9-15)16-13(5-4-10-17-16)12-18-14-6-7-14/h4-5,10,14-15,18H,2-3,6-9,11-12H2,1H3. The molecule has 104 valence electrons. The van der Waals surface area contributed by atoms with Gasteiger partial charge >= 0.3 is 0 Å². The Morgan fingerprint density at radius 1 is 1.32 bits per heavy atom. The molecular weight excluding hydrogens is 234 g/mol. The fourth-order valence-electron chi connectivity index (χ4n) is 2.54. The Kier molecular flexibility index (Phi) is 4.02. The van der Waals surface area contributed by atoms with Crippen molar-refractivity contribution in [2.45, 2.75) is 64.1 Å². The van der Waals surface area contributed by atoms with Crippen LogP contribution in [-0.2, 0) is 6.54 Å². The molecule has 1 N–H and O–H groups in total. The highest BCUT2D eigenvalue weighted by molar-refractivity contribution is 5.48. The van der Waals surface area contributed by atoms with E-state index in [1.54, 1.807) is 0 Å². The molecule has 0 unspecified atom stereocenters. The molecule has 2 fully saturated rings. The quantitative estimate of drug-likeness (QED) is 0.777. The first-order valence-electron chi connectivity index (χ1n) is 7.82. The lowest BCUT2D eigenvalue weighted by atomic mass is 10.2. The first kappa shape index (κ1) is 12.9. The summed E-state index contributed by atoms with van der Waals surface area (Å²) in [5, 5.41) is 3.62. The fraction of sp³-hybridized carbons (Fsp3) is 0.688. The molecule has 3 nitrogen and oxygen atoms in total. The van der Waals surface area contributed by atoms with E-state index < -0.39 is 0 Å². The van der Waals surface area contributed by atoms with E-state index in [2.05, 4.69) is 34.3 Å². The zero-order valence-electron chi connectivity index (χ0n) is 11.9. The predicted molar refractivity (Wildman–Crippen MR) is 79.4 cm³/mol. The molecule has 2 aliphatic carbocycles. The number of pyridine rings is 1. The van der Waals surface area contributed by atoms with Gasteiger partial charge in [0, 0.05) is 36.9 Å². The van der Waals surface area contributed by atoms with Crippen molar-refractivity contribution in [2.75, 3.05) is 11.4 Å². The number of unbranched alkanes of at least 4 members (excludes halogenated alkanes) is 1. The van der Waals surface area contributed by atoms with Gasteiger partial charge in [-0.15, -0.1) is 0 Å². The smallest absolute Gasteiger partial charge is 0.133 e. The van der Waals surface area contributed by atoms with Crippen molar-refractivity contribution >= 4 is 5.82 Å². The van der Waals surface area contributed by atoms with Crippen LogP contribution in [0.4, 0.5) is 5.82 Å². The van der Waals surface area contributed by atoms with E-state index in [0.717, 1.165) is 25.2 Å². The molecule has 0 radical (unpaired) electrons. The van der Waals surface area contributed by atoms with Gasteiger partial charge in [-0.2, -0.15) is 0 Å². The van der Waals surface area contributed by atoms with Crippen molar-refractivity contribution in [3.63, 3.8) is 0 Å². The van der Waals surface area contributed by atoms with E-state index in [1.807, 2.05) is 6.20 Å². The number of rotatable bonds is 8. The molecule has 0 bridgehead atoms. The van der Waals surface area contributed by atoms with Gasteiger partial charge in [0.2, 0.25) is 0 Å². The first-order chi connectivity index (χ1) is 9.38. The van der Waals surface area contributed by atoms with Crippen LogP contribution in [0.15, 0.2) is 18.3 Å². The Bertz CT molecular complexity index is 410. The highest BCUT2D eigenvalue weighted by Crippen LogP contribution is 2.32. The molecule has 0 atom stereocenters. The predicted octanol–water partition coefficient (Wildman–Crippen LogP) is 3.10. The van der Waals surface area contributed by atoms with Crippen molar-refractivity contribution in [2.24, 2.45) is 0 Å². The molecular formula is C16H25N3. The van der Waals surface area contributed by atoms with E-state index in [0.29, 0.717) is 0 Å². The summed E-state index contributed by atoms with van der Waals surface area (Å²) in [6.07, 6.45) is 9.84. The number of nitrogens with one attached hydrogen (secondary N) is 1. The Labute approximate surface area is 116 Å². The highest BCUT2D eigenvalue weighted by atomic mass is 15.2. The molecule has 3 heteroatoms. The van der Waals surface area contributed by atoms with E-state index >= 15 is 0 Å². The third-order valence-electron chi connectivity index (χ3n) is 4.04. The minimum absolute atomic E-state index is 0.751. The van der Waals surface area contributed by atoms with Gasteiger partial charge in [0.05, 0.1) is 0 Å². The second-order valence-electron chi connectivity index (χ2n) is 5.92. The van der Waals surface area contributed by atoms with Crippen LogP contribution in [0.2, 0.25) is 0 Å². The molecule has 2 saturated carbocycles.